The van der Waals surface area contributed by atoms with Crippen LogP contribution >= 0.6 is 0 Å². The van der Waals surface area contributed by atoms with Crippen molar-refractivity contribution in [2.24, 2.45) is 5.73 Å². The normalized spacial score (nSPS) is 26.6. The van der Waals surface area contributed by atoms with E-state index in [1.54, 1.807) is 0 Å². The molecule has 1 aliphatic rings. The van der Waals surface area contributed by atoms with Crippen molar-refractivity contribution in [1.82, 2.24) is 14.7 Å². The average Bonchev–Trinajstić information content (AvgIpc) is 2.63. The maximum atomic E-state index is 6.07. The fourth-order valence-corrected chi connectivity index (χ4v) is 3.59. The van der Waals surface area contributed by atoms with E-state index < -0.39 is 0 Å². The molecule has 1 aromatic rings. The van der Waals surface area contributed by atoms with Crippen LogP contribution in [0.1, 0.15) is 56.6 Å². The summed E-state index contributed by atoms with van der Waals surface area (Å²) in [6.45, 7) is 13.1. The Morgan fingerprint density at radius 2 is 2.11 bits per heavy atom. The van der Waals surface area contributed by atoms with Crippen LogP contribution in [0.15, 0.2) is 0 Å². The first-order chi connectivity index (χ1) is 8.95. The zero-order valence-corrected chi connectivity index (χ0v) is 13.0. The van der Waals surface area contributed by atoms with E-state index in [4.69, 9.17) is 5.73 Å². The van der Waals surface area contributed by atoms with E-state index in [9.17, 15) is 0 Å². The number of rotatable bonds is 3. The van der Waals surface area contributed by atoms with Crippen LogP contribution in [0, 0.1) is 13.8 Å². The zero-order chi connectivity index (χ0) is 14.2. The van der Waals surface area contributed by atoms with Crippen molar-refractivity contribution in [3.8, 4) is 0 Å². The largest absolute Gasteiger partial charge is 0.328 e. The molecule has 19 heavy (non-hydrogen) atoms. The molecule has 1 saturated heterocycles. The highest BCUT2D eigenvalue weighted by Gasteiger charge is 2.30. The quantitative estimate of drug-likeness (QED) is 0.912. The van der Waals surface area contributed by atoms with Gasteiger partial charge in [0.25, 0.3) is 0 Å². The van der Waals surface area contributed by atoms with E-state index in [2.05, 4.69) is 49.3 Å². The van der Waals surface area contributed by atoms with Crippen LogP contribution in [0.3, 0.4) is 0 Å². The minimum atomic E-state index is 0.374. The molecule has 108 valence electrons. The Hall–Kier alpha value is -0.870. The molecule has 0 amide bonds. The van der Waals surface area contributed by atoms with Crippen LogP contribution in [0.5, 0.6) is 0 Å². The van der Waals surface area contributed by atoms with Gasteiger partial charge in [0, 0.05) is 42.5 Å². The van der Waals surface area contributed by atoms with Gasteiger partial charge in [-0.15, -0.1) is 0 Å². The molecule has 0 radical (unpaired) electrons. The highest BCUT2D eigenvalue weighted by atomic mass is 15.3. The van der Waals surface area contributed by atoms with Crippen molar-refractivity contribution in [3.63, 3.8) is 0 Å². The summed E-state index contributed by atoms with van der Waals surface area (Å²) >= 11 is 0. The van der Waals surface area contributed by atoms with Gasteiger partial charge in [-0.3, -0.25) is 9.58 Å². The van der Waals surface area contributed by atoms with Crippen LogP contribution < -0.4 is 5.73 Å². The summed E-state index contributed by atoms with van der Waals surface area (Å²) in [5.74, 6) is 0. The molecule has 4 heteroatoms. The first kappa shape index (κ1) is 14.5. The van der Waals surface area contributed by atoms with Gasteiger partial charge in [0.2, 0.25) is 0 Å². The van der Waals surface area contributed by atoms with Crippen molar-refractivity contribution in [1.29, 1.82) is 0 Å². The highest BCUT2D eigenvalue weighted by Crippen LogP contribution is 2.31. The molecule has 0 bridgehead atoms. The summed E-state index contributed by atoms with van der Waals surface area (Å²) in [4.78, 5) is 2.58. The van der Waals surface area contributed by atoms with Crippen LogP contribution in [-0.4, -0.2) is 33.3 Å². The Balaban J connectivity index is 2.24. The maximum Gasteiger partial charge on any atom is 0.0644 e. The highest BCUT2D eigenvalue weighted by molar-refractivity contribution is 5.28. The molecular formula is C15H28N4. The lowest BCUT2D eigenvalue weighted by atomic mass is 9.94. The van der Waals surface area contributed by atoms with E-state index in [-0.39, 0.29) is 0 Å². The Labute approximate surface area is 117 Å². The molecule has 1 fully saturated rings. The summed E-state index contributed by atoms with van der Waals surface area (Å²) < 4.78 is 2.11. The summed E-state index contributed by atoms with van der Waals surface area (Å²) in [6, 6.07) is 1.37. The minimum absolute atomic E-state index is 0.374. The molecule has 2 heterocycles. The van der Waals surface area contributed by atoms with E-state index in [1.807, 2.05) is 0 Å². The first-order valence-corrected chi connectivity index (χ1v) is 7.50. The second-order valence-corrected chi connectivity index (χ2v) is 5.95. The zero-order valence-electron chi connectivity index (χ0n) is 13.0. The number of aromatic nitrogens is 2. The Morgan fingerprint density at radius 3 is 2.63 bits per heavy atom. The van der Waals surface area contributed by atoms with Gasteiger partial charge >= 0.3 is 0 Å². The predicted molar refractivity (Wildman–Crippen MR) is 79.2 cm³/mol. The van der Waals surface area contributed by atoms with Gasteiger partial charge in [0.15, 0.2) is 0 Å². The van der Waals surface area contributed by atoms with Crippen LogP contribution in [0.4, 0.5) is 0 Å². The molecule has 4 nitrogen and oxygen atoms in total. The fraction of sp³-hybridized carbons (Fsp3) is 0.800. The van der Waals surface area contributed by atoms with Gasteiger partial charge in [0.05, 0.1) is 5.69 Å². The molecule has 0 aromatic carbocycles. The molecule has 2 N–H and O–H groups in total. The second kappa shape index (κ2) is 5.63. The number of aryl methyl sites for hydroxylation is 2. The minimum Gasteiger partial charge on any atom is -0.328 e. The fourth-order valence-electron chi connectivity index (χ4n) is 3.59. The van der Waals surface area contributed by atoms with Gasteiger partial charge in [-0.25, -0.2) is 0 Å². The van der Waals surface area contributed by atoms with E-state index in [0.717, 1.165) is 25.9 Å². The molecular weight excluding hydrogens is 236 g/mol. The van der Waals surface area contributed by atoms with E-state index >= 15 is 0 Å². The van der Waals surface area contributed by atoms with Crippen molar-refractivity contribution in [2.75, 3.05) is 6.54 Å². The van der Waals surface area contributed by atoms with Gasteiger partial charge < -0.3 is 5.73 Å². The maximum absolute atomic E-state index is 6.07. The Morgan fingerprint density at radius 1 is 1.42 bits per heavy atom. The topological polar surface area (TPSA) is 47.1 Å². The SMILES string of the molecule is CCn1nc(C)c(C(C)N2CCC(N)CC2C)c1C. The number of hydrogen-bond acceptors (Lipinski definition) is 3. The van der Waals surface area contributed by atoms with Crippen molar-refractivity contribution in [3.05, 3.63) is 17.0 Å². The van der Waals surface area contributed by atoms with Gasteiger partial charge in [-0.05, 0) is 47.5 Å². The first-order valence-electron chi connectivity index (χ1n) is 7.50. The van der Waals surface area contributed by atoms with Crippen LogP contribution in [0.2, 0.25) is 0 Å². The summed E-state index contributed by atoms with van der Waals surface area (Å²) in [7, 11) is 0. The van der Waals surface area contributed by atoms with E-state index in [1.165, 1.54) is 17.0 Å². The molecule has 2 rings (SSSR count). The van der Waals surface area contributed by atoms with Crippen molar-refractivity contribution < 1.29 is 0 Å². The number of nitrogens with zero attached hydrogens (tertiary/aromatic N) is 3. The number of hydrogen-bond donors (Lipinski definition) is 1. The van der Waals surface area contributed by atoms with Gasteiger partial charge in [-0.1, -0.05) is 0 Å². The summed E-state index contributed by atoms with van der Waals surface area (Å²) in [5, 5.41) is 4.65. The smallest absolute Gasteiger partial charge is 0.0644 e. The second-order valence-electron chi connectivity index (χ2n) is 5.95. The average molecular weight is 264 g/mol. The molecule has 0 spiro atoms. The molecule has 3 unspecified atom stereocenters. The molecule has 0 saturated carbocycles. The van der Waals surface area contributed by atoms with Crippen LogP contribution in [0.25, 0.3) is 0 Å². The third kappa shape index (κ3) is 2.70. The van der Waals surface area contributed by atoms with Crippen molar-refractivity contribution >= 4 is 0 Å². The number of piperidine rings is 1. The van der Waals surface area contributed by atoms with Crippen LogP contribution in [-0.2, 0) is 6.54 Å². The molecule has 3 atom stereocenters. The summed E-state index contributed by atoms with van der Waals surface area (Å²) in [5.41, 5.74) is 9.96. The lowest BCUT2D eigenvalue weighted by Gasteiger charge is -2.40. The third-order valence-electron chi connectivity index (χ3n) is 4.62. The lowest BCUT2D eigenvalue weighted by Crippen LogP contribution is -2.46. The van der Waals surface area contributed by atoms with E-state index in [0.29, 0.717) is 18.1 Å². The van der Waals surface area contributed by atoms with Crippen molar-refractivity contribution in [2.45, 2.75) is 72.1 Å². The Bertz CT molecular complexity index is 438. The molecule has 1 aromatic heterocycles. The standard InChI is InChI=1S/C15H28N4/c1-6-19-13(5)15(11(3)17-19)12(4)18-8-7-14(16)9-10(18)2/h10,12,14H,6-9,16H2,1-5H3. The summed E-state index contributed by atoms with van der Waals surface area (Å²) in [6.07, 6.45) is 2.21. The lowest BCUT2D eigenvalue weighted by molar-refractivity contribution is 0.104. The van der Waals surface area contributed by atoms with Gasteiger partial charge in [-0.2, -0.15) is 5.10 Å². The third-order valence-corrected chi connectivity index (χ3v) is 4.62. The van der Waals surface area contributed by atoms with Gasteiger partial charge in [0.1, 0.15) is 0 Å². The monoisotopic (exact) mass is 264 g/mol. The number of nitrogens with two attached hydrogens (primary N) is 1. The molecule has 0 aliphatic carbocycles. The molecule has 1 aliphatic heterocycles. The predicted octanol–water partition coefficient (Wildman–Crippen LogP) is 2.39. The Kier molecular flexibility index (Phi) is 4.31. The number of likely N-dealkylation sites (tertiary alicyclic amines) is 1.